The Kier molecular flexibility index (Phi) is 4.03. The van der Waals surface area contributed by atoms with E-state index in [1.807, 2.05) is 72.1 Å². The zero-order chi connectivity index (χ0) is 20.0. The summed E-state index contributed by atoms with van der Waals surface area (Å²) in [5, 5.41) is 12.7. The van der Waals surface area contributed by atoms with Crippen molar-refractivity contribution in [1.29, 1.82) is 0 Å². The van der Waals surface area contributed by atoms with Crippen LogP contribution in [0.5, 0.6) is 0 Å². The highest BCUT2D eigenvalue weighted by Gasteiger charge is 2.18. The van der Waals surface area contributed by atoms with Crippen LogP contribution in [0, 0.1) is 0 Å². The number of nitrogens with zero attached hydrogens (tertiary/aromatic N) is 1. The van der Waals surface area contributed by atoms with Crippen LogP contribution in [-0.2, 0) is 0 Å². The van der Waals surface area contributed by atoms with E-state index in [-0.39, 0.29) is 11.1 Å². The fourth-order valence-corrected chi connectivity index (χ4v) is 4.59. The Balaban J connectivity index is 1.73. The number of carbonyl (C=O) groups is 1. The second-order valence-corrected chi connectivity index (χ2v) is 7.68. The highest BCUT2D eigenvalue weighted by atomic mass is 32.1. The molecule has 140 valence electrons. The van der Waals surface area contributed by atoms with Gasteiger partial charge < -0.3 is 5.11 Å². The Bertz CT molecular complexity index is 1430. The van der Waals surface area contributed by atoms with Crippen molar-refractivity contribution in [2.45, 2.75) is 0 Å². The number of aromatic nitrogens is 1. The number of benzene rings is 2. The minimum Gasteiger partial charge on any atom is -0.478 e. The molecule has 0 aliphatic heterocycles. The smallest absolute Gasteiger partial charge is 0.337 e. The Morgan fingerprint density at radius 3 is 2.28 bits per heavy atom. The summed E-state index contributed by atoms with van der Waals surface area (Å²) >= 11 is 1.44. The molecular formula is C24H15NO3S. The van der Waals surface area contributed by atoms with Gasteiger partial charge in [-0.15, -0.1) is 11.3 Å². The average molecular weight is 397 g/mol. The van der Waals surface area contributed by atoms with Crippen LogP contribution in [0.3, 0.4) is 0 Å². The molecule has 4 nitrogen and oxygen atoms in total. The second kappa shape index (κ2) is 6.72. The lowest BCUT2D eigenvalue weighted by molar-refractivity contribution is 0.0698. The minimum atomic E-state index is -1.05. The number of hydrogen-bond acceptors (Lipinski definition) is 3. The van der Waals surface area contributed by atoms with Gasteiger partial charge in [0.05, 0.1) is 15.8 Å². The number of rotatable bonds is 3. The van der Waals surface area contributed by atoms with E-state index in [1.54, 1.807) is 6.20 Å². The van der Waals surface area contributed by atoms with Crippen molar-refractivity contribution in [3.63, 3.8) is 0 Å². The lowest BCUT2D eigenvalue weighted by Gasteiger charge is -2.10. The molecule has 0 spiro atoms. The molecule has 0 saturated heterocycles. The van der Waals surface area contributed by atoms with Gasteiger partial charge >= 0.3 is 5.97 Å². The van der Waals surface area contributed by atoms with Crippen LogP contribution >= 0.6 is 11.3 Å². The number of thiophene rings is 1. The van der Waals surface area contributed by atoms with E-state index in [2.05, 4.69) is 0 Å². The van der Waals surface area contributed by atoms with Gasteiger partial charge in [-0.1, -0.05) is 54.6 Å². The molecule has 2 aromatic carbocycles. The van der Waals surface area contributed by atoms with Gasteiger partial charge in [-0.3, -0.25) is 9.20 Å². The van der Waals surface area contributed by atoms with E-state index < -0.39 is 5.97 Å². The largest absolute Gasteiger partial charge is 0.478 e. The highest BCUT2D eigenvalue weighted by Crippen LogP contribution is 2.30. The van der Waals surface area contributed by atoms with Crippen molar-refractivity contribution >= 4 is 32.9 Å². The molecule has 0 atom stereocenters. The van der Waals surface area contributed by atoms with E-state index in [0.29, 0.717) is 16.6 Å². The Hall–Kier alpha value is -3.70. The van der Waals surface area contributed by atoms with Gasteiger partial charge in [0.25, 0.3) is 5.56 Å². The molecule has 5 aromatic rings. The van der Waals surface area contributed by atoms with Crippen molar-refractivity contribution < 1.29 is 9.90 Å². The number of carboxylic acid groups (broad SMARTS) is 1. The van der Waals surface area contributed by atoms with Crippen LogP contribution in [-0.4, -0.2) is 15.5 Å². The van der Waals surface area contributed by atoms with Crippen molar-refractivity contribution in [1.82, 2.24) is 4.40 Å². The third-order valence-electron chi connectivity index (χ3n) is 5.08. The van der Waals surface area contributed by atoms with Crippen LogP contribution < -0.4 is 5.56 Å². The van der Waals surface area contributed by atoms with Gasteiger partial charge in [-0.2, -0.15) is 0 Å². The molecular weight excluding hydrogens is 382 g/mol. The summed E-state index contributed by atoms with van der Waals surface area (Å²) in [5.41, 5.74) is 3.52. The molecule has 0 bridgehead atoms. The lowest BCUT2D eigenvalue weighted by Crippen LogP contribution is -2.18. The van der Waals surface area contributed by atoms with E-state index in [0.717, 1.165) is 21.2 Å². The lowest BCUT2D eigenvalue weighted by atomic mass is 9.99. The summed E-state index contributed by atoms with van der Waals surface area (Å²) in [4.78, 5) is 25.2. The maximum absolute atomic E-state index is 13.2. The fraction of sp³-hybridized carbons (Fsp3) is 0. The summed E-state index contributed by atoms with van der Waals surface area (Å²) in [6.07, 6.45) is 1.65. The van der Waals surface area contributed by atoms with Crippen molar-refractivity contribution in [2.24, 2.45) is 0 Å². The summed E-state index contributed by atoms with van der Waals surface area (Å²) in [6, 6.07) is 22.8. The van der Waals surface area contributed by atoms with Crippen LogP contribution in [0.1, 0.15) is 10.4 Å². The molecule has 3 heterocycles. The SMILES string of the molecule is O=C(O)c1cc(-c2ccc(-c3ccccc3)cc2)c(=O)n2ccc3ccsc3c12. The predicted octanol–water partition coefficient (Wildman–Crippen LogP) is 5.55. The summed E-state index contributed by atoms with van der Waals surface area (Å²) in [7, 11) is 0. The van der Waals surface area contributed by atoms with E-state index in [4.69, 9.17) is 0 Å². The summed E-state index contributed by atoms with van der Waals surface area (Å²) in [5.74, 6) is -1.05. The maximum Gasteiger partial charge on any atom is 0.337 e. The van der Waals surface area contributed by atoms with Crippen LogP contribution in [0.25, 0.3) is 37.9 Å². The first kappa shape index (κ1) is 17.4. The van der Waals surface area contributed by atoms with Gasteiger partial charge in [0.1, 0.15) is 0 Å². The first-order valence-corrected chi connectivity index (χ1v) is 9.96. The van der Waals surface area contributed by atoms with E-state index in [9.17, 15) is 14.7 Å². The summed E-state index contributed by atoms with van der Waals surface area (Å²) in [6.45, 7) is 0. The fourth-order valence-electron chi connectivity index (χ4n) is 3.65. The van der Waals surface area contributed by atoms with Crippen molar-refractivity contribution in [3.05, 3.63) is 100 Å². The average Bonchev–Trinajstić information content (AvgIpc) is 3.24. The Morgan fingerprint density at radius 2 is 1.55 bits per heavy atom. The first-order chi connectivity index (χ1) is 14.1. The molecule has 0 amide bonds. The van der Waals surface area contributed by atoms with Gasteiger partial charge in [-0.05, 0) is 45.7 Å². The molecule has 29 heavy (non-hydrogen) atoms. The van der Waals surface area contributed by atoms with Gasteiger partial charge in [0, 0.05) is 11.8 Å². The third-order valence-corrected chi connectivity index (χ3v) is 6.02. The number of fused-ring (bicyclic) bond motifs is 3. The molecule has 5 rings (SSSR count). The molecule has 0 aliphatic carbocycles. The predicted molar refractivity (Wildman–Crippen MR) is 117 cm³/mol. The van der Waals surface area contributed by atoms with Crippen LogP contribution in [0.2, 0.25) is 0 Å². The number of aromatic carboxylic acids is 1. The Morgan fingerprint density at radius 1 is 0.862 bits per heavy atom. The van der Waals surface area contributed by atoms with Gasteiger partial charge in [0.15, 0.2) is 0 Å². The molecule has 5 heteroatoms. The standard InChI is InChI=1S/C24H15NO3S/c26-23-19(17-8-6-16(7-9-17)15-4-2-1-3-5-15)14-20(24(27)28)21-22-18(11-13-29-22)10-12-25(21)23/h1-14H,(H,27,28). The normalized spacial score (nSPS) is 11.2. The molecule has 3 aromatic heterocycles. The zero-order valence-corrected chi connectivity index (χ0v) is 16.0. The van der Waals surface area contributed by atoms with Crippen LogP contribution in [0.15, 0.2) is 89.2 Å². The molecule has 0 saturated carbocycles. The summed E-state index contributed by atoms with van der Waals surface area (Å²) < 4.78 is 2.25. The Labute approximate surface area is 169 Å². The van der Waals surface area contributed by atoms with E-state index in [1.165, 1.54) is 21.8 Å². The van der Waals surface area contributed by atoms with E-state index >= 15 is 0 Å². The molecule has 0 unspecified atom stereocenters. The van der Waals surface area contributed by atoms with Gasteiger partial charge in [-0.25, -0.2) is 4.79 Å². The highest BCUT2D eigenvalue weighted by molar-refractivity contribution is 7.18. The number of carboxylic acids is 1. The minimum absolute atomic E-state index is 0.125. The topological polar surface area (TPSA) is 58.8 Å². The van der Waals surface area contributed by atoms with Crippen molar-refractivity contribution in [2.75, 3.05) is 0 Å². The maximum atomic E-state index is 13.2. The zero-order valence-electron chi connectivity index (χ0n) is 15.2. The van der Waals surface area contributed by atoms with Gasteiger partial charge in [0.2, 0.25) is 0 Å². The first-order valence-electron chi connectivity index (χ1n) is 9.08. The molecule has 0 radical (unpaired) electrons. The molecule has 0 aliphatic rings. The molecule has 0 fully saturated rings. The van der Waals surface area contributed by atoms with Crippen molar-refractivity contribution in [3.8, 4) is 22.3 Å². The third kappa shape index (κ3) is 2.83. The number of hydrogen-bond donors (Lipinski definition) is 1. The second-order valence-electron chi connectivity index (χ2n) is 6.76. The van der Waals surface area contributed by atoms with Crippen LogP contribution in [0.4, 0.5) is 0 Å². The number of pyridine rings is 2. The quantitative estimate of drug-likeness (QED) is 0.434. The monoisotopic (exact) mass is 397 g/mol. The molecule has 1 N–H and O–H groups in total.